The van der Waals surface area contributed by atoms with Gasteiger partial charge in [-0.3, -0.25) is 0 Å². The van der Waals surface area contributed by atoms with Crippen molar-refractivity contribution in [2.75, 3.05) is 7.11 Å². The van der Waals surface area contributed by atoms with Gasteiger partial charge in [0.05, 0.1) is 13.7 Å². The maximum Gasteiger partial charge on any atom is 0.240 e. The molecule has 0 unspecified atom stereocenters. The molecule has 0 aliphatic carbocycles. The number of hydrogen-bond donors (Lipinski definition) is 1. The van der Waals surface area contributed by atoms with Crippen LogP contribution in [0.15, 0.2) is 10.6 Å². The van der Waals surface area contributed by atoms with Crippen molar-refractivity contribution in [2.45, 2.75) is 6.54 Å². The van der Waals surface area contributed by atoms with Crippen molar-refractivity contribution in [3.8, 4) is 17.1 Å². The van der Waals surface area contributed by atoms with Crippen LogP contribution in [0.25, 0.3) is 11.4 Å². The summed E-state index contributed by atoms with van der Waals surface area (Å²) >= 11 is 0. The summed E-state index contributed by atoms with van der Waals surface area (Å²) in [7, 11) is 1.11. The Kier molecular flexibility index (Phi) is 3.19. The van der Waals surface area contributed by atoms with E-state index in [1.165, 1.54) is 0 Å². The normalized spacial score (nSPS) is 10.7. The van der Waals surface area contributed by atoms with Gasteiger partial charge in [0.15, 0.2) is 23.2 Å². The third-order valence-electron chi connectivity index (χ3n) is 2.20. The predicted octanol–water partition coefficient (Wildman–Crippen LogP) is 1.62. The van der Waals surface area contributed by atoms with E-state index in [2.05, 4.69) is 19.4 Å². The predicted molar refractivity (Wildman–Crippen MR) is 54.1 cm³/mol. The quantitative estimate of drug-likeness (QED) is 0.848. The van der Waals surface area contributed by atoms with Crippen LogP contribution in [0, 0.1) is 17.5 Å². The third-order valence-corrected chi connectivity index (χ3v) is 2.20. The lowest BCUT2D eigenvalue weighted by Crippen LogP contribution is -2.00. The average Bonchev–Trinajstić information content (AvgIpc) is 2.81. The highest BCUT2D eigenvalue weighted by Crippen LogP contribution is 2.34. The minimum Gasteiger partial charge on any atom is -0.493 e. The Bertz CT molecular complexity index is 586. The standard InChI is InChI=1S/C10H8F3N3O2/c1-17-9-5(12)2-4(11)8(13)7(9)10-15-6(3-14)18-16-10/h2H,3,14H2,1H3. The number of aromatic nitrogens is 2. The van der Waals surface area contributed by atoms with E-state index in [1.807, 2.05) is 0 Å². The molecule has 0 aliphatic heterocycles. The zero-order chi connectivity index (χ0) is 13.3. The van der Waals surface area contributed by atoms with Crippen LogP contribution < -0.4 is 10.5 Å². The first-order valence-corrected chi connectivity index (χ1v) is 4.83. The lowest BCUT2D eigenvalue weighted by atomic mass is 10.1. The molecule has 96 valence electrons. The second kappa shape index (κ2) is 4.65. The van der Waals surface area contributed by atoms with Gasteiger partial charge in [-0.2, -0.15) is 4.98 Å². The van der Waals surface area contributed by atoms with Gasteiger partial charge in [-0.05, 0) is 0 Å². The van der Waals surface area contributed by atoms with Crippen LogP contribution in [-0.4, -0.2) is 17.3 Å². The first kappa shape index (κ1) is 12.4. The van der Waals surface area contributed by atoms with Gasteiger partial charge in [-0.25, -0.2) is 13.2 Å². The molecule has 0 bridgehead atoms. The van der Waals surface area contributed by atoms with Gasteiger partial charge < -0.3 is 15.0 Å². The number of rotatable bonds is 3. The molecule has 1 aromatic carbocycles. The second-order valence-corrected chi connectivity index (χ2v) is 3.28. The fourth-order valence-electron chi connectivity index (χ4n) is 1.42. The van der Waals surface area contributed by atoms with Gasteiger partial charge in [0.1, 0.15) is 5.56 Å². The number of hydrogen-bond acceptors (Lipinski definition) is 5. The SMILES string of the molecule is COc1c(F)cc(F)c(F)c1-c1noc(CN)n1. The fourth-order valence-corrected chi connectivity index (χ4v) is 1.42. The molecule has 0 radical (unpaired) electrons. The van der Waals surface area contributed by atoms with E-state index in [1.54, 1.807) is 0 Å². The summed E-state index contributed by atoms with van der Waals surface area (Å²) in [5.41, 5.74) is 4.70. The summed E-state index contributed by atoms with van der Waals surface area (Å²) < 4.78 is 49.5. The molecule has 18 heavy (non-hydrogen) atoms. The maximum atomic E-state index is 13.7. The summed E-state index contributed by atoms with van der Waals surface area (Å²) in [6.45, 7) is -0.0747. The molecule has 1 aromatic heterocycles. The summed E-state index contributed by atoms with van der Waals surface area (Å²) in [4.78, 5) is 3.69. The molecule has 1 heterocycles. The van der Waals surface area contributed by atoms with Gasteiger partial charge in [0, 0.05) is 6.07 Å². The summed E-state index contributed by atoms with van der Waals surface area (Å²) in [5.74, 6) is -4.58. The van der Waals surface area contributed by atoms with Crippen LogP contribution in [0.5, 0.6) is 5.75 Å². The van der Waals surface area contributed by atoms with Crippen molar-refractivity contribution < 1.29 is 22.4 Å². The second-order valence-electron chi connectivity index (χ2n) is 3.28. The summed E-state index contributed by atoms with van der Waals surface area (Å²) in [6.07, 6.45) is 0. The van der Waals surface area contributed by atoms with Crippen molar-refractivity contribution >= 4 is 0 Å². The lowest BCUT2D eigenvalue weighted by Gasteiger charge is -2.07. The van der Waals surface area contributed by atoms with E-state index in [0.717, 1.165) is 7.11 Å². The fraction of sp³-hybridized carbons (Fsp3) is 0.200. The highest BCUT2D eigenvalue weighted by Gasteiger charge is 2.24. The molecule has 0 aliphatic rings. The number of halogens is 3. The molecule has 2 N–H and O–H groups in total. The first-order valence-electron chi connectivity index (χ1n) is 4.83. The van der Waals surface area contributed by atoms with E-state index in [-0.39, 0.29) is 18.3 Å². The topological polar surface area (TPSA) is 74.2 Å². The Morgan fingerprint density at radius 1 is 1.33 bits per heavy atom. The van der Waals surface area contributed by atoms with Gasteiger partial charge in [-0.15, -0.1) is 0 Å². The van der Waals surface area contributed by atoms with Gasteiger partial charge >= 0.3 is 0 Å². The van der Waals surface area contributed by atoms with Gasteiger partial charge in [-0.1, -0.05) is 5.16 Å². The lowest BCUT2D eigenvalue weighted by molar-refractivity contribution is 0.372. The van der Waals surface area contributed by atoms with Crippen molar-refractivity contribution in [3.05, 3.63) is 29.4 Å². The minimum atomic E-state index is -1.37. The molecular formula is C10H8F3N3O2. The van der Waals surface area contributed by atoms with Crippen LogP contribution >= 0.6 is 0 Å². The minimum absolute atomic E-state index is 0.0103. The molecule has 2 aromatic rings. The first-order chi connectivity index (χ1) is 8.58. The summed E-state index contributed by atoms with van der Waals surface area (Å²) in [5, 5.41) is 3.39. The molecule has 0 saturated carbocycles. The van der Waals surface area contributed by atoms with E-state index in [9.17, 15) is 13.2 Å². The van der Waals surface area contributed by atoms with Crippen LogP contribution in [0.1, 0.15) is 5.89 Å². The van der Waals surface area contributed by atoms with Crippen molar-refractivity contribution in [1.29, 1.82) is 0 Å². The van der Waals surface area contributed by atoms with Crippen molar-refractivity contribution in [2.24, 2.45) is 5.73 Å². The van der Waals surface area contributed by atoms with E-state index >= 15 is 0 Å². The number of methoxy groups -OCH3 is 1. The zero-order valence-corrected chi connectivity index (χ0v) is 9.21. The van der Waals surface area contributed by atoms with E-state index < -0.39 is 28.8 Å². The van der Waals surface area contributed by atoms with E-state index in [4.69, 9.17) is 5.73 Å². The van der Waals surface area contributed by atoms with Crippen molar-refractivity contribution in [3.63, 3.8) is 0 Å². The molecule has 0 atom stereocenters. The zero-order valence-electron chi connectivity index (χ0n) is 9.21. The third kappa shape index (κ3) is 1.90. The van der Waals surface area contributed by atoms with Crippen LogP contribution in [0.2, 0.25) is 0 Å². The molecule has 0 spiro atoms. The smallest absolute Gasteiger partial charge is 0.240 e. The molecule has 0 fully saturated rings. The Morgan fingerprint density at radius 3 is 2.61 bits per heavy atom. The largest absolute Gasteiger partial charge is 0.493 e. The number of nitrogens with two attached hydrogens (primary N) is 1. The molecule has 8 heteroatoms. The number of nitrogens with zero attached hydrogens (tertiary/aromatic N) is 2. The molecule has 0 amide bonds. The molecule has 5 nitrogen and oxygen atoms in total. The van der Waals surface area contributed by atoms with Crippen LogP contribution in [0.3, 0.4) is 0 Å². The van der Waals surface area contributed by atoms with Crippen LogP contribution in [0.4, 0.5) is 13.2 Å². The number of benzene rings is 1. The molecular weight excluding hydrogens is 251 g/mol. The van der Waals surface area contributed by atoms with Gasteiger partial charge in [0.2, 0.25) is 11.7 Å². The van der Waals surface area contributed by atoms with Gasteiger partial charge in [0.25, 0.3) is 0 Å². The Balaban J connectivity index is 2.68. The Hall–Kier alpha value is -2.09. The van der Waals surface area contributed by atoms with Crippen LogP contribution in [-0.2, 0) is 6.54 Å². The monoisotopic (exact) mass is 259 g/mol. The van der Waals surface area contributed by atoms with Crippen molar-refractivity contribution in [1.82, 2.24) is 10.1 Å². The Labute approximate surface area is 99.4 Å². The average molecular weight is 259 g/mol. The number of ether oxygens (including phenoxy) is 1. The highest BCUT2D eigenvalue weighted by molar-refractivity contribution is 5.65. The molecule has 2 rings (SSSR count). The van der Waals surface area contributed by atoms with E-state index in [0.29, 0.717) is 6.07 Å². The maximum absolute atomic E-state index is 13.7. The Morgan fingerprint density at radius 2 is 2.06 bits per heavy atom. The molecule has 0 saturated heterocycles. The highest BCUT2D eigenvalue weighted by atomic mass is 19.2. The summed E-state index contributed by atoms with van der Waals surface area (Å²) in [6, 6.07) is 0.377.